The first-order valence-corrected chi connectivity index (χ1v) is 18.6. The SMILES string of the molecule is CC(C)C[C@H](N)C(=O)N[C@H](C(=O)N[C@@H](Cc1cnc[nH]1)C(=O)N1CCC[C@H]1C(=O)N[C@@H](Cc1ccc(O)cc1)C(=O)N[C@@H](Cc1ccccc1)C(=O)O)[C@@H](C)O. The number of aromatic amines is 1. The first-order valence-electron chi connectivity index (χ1n) is 18.6. The molecule has 17 nitrogen and oxygen atoms in total. The zero-order valence-electron chi connectivity index (χ0n) is 31.7. The highest BCUT2D eigenvalue weighted by atomic mass is 16.4. The van der Waals surface area contributed by atoms with Gasteiger partial charge in [0.05, 0.1) is 18.5 Å². The molecule has 10 N–H and O–H groups in total. The monoisotopic (exact) mass is 776 g/mol. The molecule has 0 bridgehead atoms. The third-order valence-electron chi connectivity index (χ3n) is 9.46. The Kier molecular flexibility index (Phi) is 15.5. The van der Waals surface area contributed by atoms with Gasteiger partial charge in [-0.05, 0) is 55.4 Å². The van der Waals surface area contributed by atoms with E-state index < -0.39 is 77.9 Å². The normalized spacial score (nSPS) is 17.2. The van der Waals surface area contributed by atoms with Crippen molar-refractivity contribution in [2.45, 2.75) is 102 Å². The quantitative estimate of drug-likeness (QED) is 0.0777. The van der Waals surface area contributed by atoms with Crippen LogP contribution in [-0.2, 0) is 48.0 Å². The molecule has 17 heteroatoms. The van der Waals surface area contributed by atoms with Gasteiger partial charge in [-0.25, -0.2) is 9.78 Å². The van der Waals surface area contributed by atoms with E-state index in [-0.39, 0.29) is 43.9 Å². The lowest BCUT2D eigenvalue weighted by Crippen LogP contribution is -2.61. The molecule has 0 saturated carbocycles. The van der Waals surface area contributed by atoms with Crippen molar-refractivity contribution in [2.24, 2.45) is 11.7 Å². The van der Waals surface area contributed by atoms with Crippen molar-refractivity contribution in [3.05, 3.63) is 83.9 Å². The fourth-order valence-electron chi connectivity index (χ4n) is 6.53. The van der Waals surface area contributed by atoms with Crippen LogP contribution in [0.2, 0.25) is 0 Å². The number of phenolic OH excluding ortho intramolecular Hbond substituents is 1. The molecule has 5 amide bonds. The van der Waals surface area contributed by atoms with Crippen LogP contribution in [-0.4, -0.2) is 115 Å². The van der Waals surface area contributed by atoms with Crippen molar-refractivity contribution >= 4 is 35.5 Å². The van der Waals surface area contributed by atoms with Crippen molar-refractivity contribution in [3.63, 3.8) is 0 Å². The average molecular weight is 777 g/mol. The first kappa shape index (κ1) is 42.9. The van der Waals surface area contributed by atoms with Gasteiger partial charge < -0.3 is 52.2 Å². The van der Waals surface area contributed by atoms with E-state index in [0.717, 1.165) is 0 Å². The Morgan fingerprint density at radius 2 is 1.48 bits per heavy atom. The number of phenols is 1. The van der Waals surface area contributed by atoms with E-state index in [0.29, 0.717) is 29.7 Å². The maximum atomic E-state index is 14.3. The Morgan fingerprint density at radius 3 is 2.09 bits per heavy atom. The molecule has 0 aliphatic carbocycles. The van der Waals surface area contributed by atoms with Gasteiger partial charge in [-0.15, -0.1) is 0 Å². The number of carboxylic acids is 1. The van der Waals surface area contributed by atoms with Crippen LogP contribution in [0.1, 0.15) is 56.9 Å². The van der Waals surface area contributed by atoms with Crippen molar-refractivity contribution in [3.8, 4) is 5.75 Å². The molecule has 1 aliphatic rings. The van der Waals surface area contributed by atoms with Crippen LogP contribution in [0.15, 0.2) is 67.1 Å². The summed E-state index contributed by atoms with van der Waals surface area (Å²) < 4.78 is 0. The highest BCUT2D eigenvalue weighted by molar-refractivity contribution is 5.97. The zero-order valence-corrected chi connectivity index (χ0v) is 31.7. The summed E-state index contributed by atoms with van der Waals surface area (Å²) in [5, 5.41) is 40.6. The number of carbonyl (C=O) groups is 6. The number of imidazole rings is 1. The number of carboxylic acid groups (broad SMARTS) is 1. The second-order valence-electron chi connectivity index (χ2n) is 14.5. The molecule has 1 aromatic heterocycles. The summed E-state index contributed by atoms with van der Waals surface area (Å²) in [7, 11) is 0. The predicted molar refractivity (Wildman–Crippen MR) is 203 cm³/mol. The van der Waals surface area contributed by atoms with Crippen LogP contribution >= 0.6 is 0 Å². The minimum atomic E-state index is -1.45. The number of aliphatic carboxylic acids is 1. The fourth-order valence-corrected chi connectivity index (χ4v) is 6.53. The molecule has 4 rings (SSSR count). The smallest absolute Gasteiger partial charge is 0.326 e. The van der Waals surface area contributed by atoms with Crippen LogP contribution in [0.5, 0.6) is 5.75 Å². The molecule has 0 unspecified atom stereocenters. The minimum absolute atomic E-state index is 0.0127. The number of rotatable bonds is 19. The number of aliphatic hydroxyl groups excluding tert-OH is 1. The number of benzene rings is 2. The topological polar surface area (TPSA) is 269 Å². The highest BCUT2D eigenvalue weighted by Gasteiger charge is 2.40. The number of hydrogen-bond acceptors (Lipinski definition) is 10. The number of amides is 5. The van der Waals surface area contributed by atoms with Gasteiger partial charge >= 0.3 is 5.97 Å². The van der Waals surface area contributed by atoms with E-state index in [2.05, 4.69) is 31.2 Å². The molecule has 0 spiro atoms. The molecule has 1 saturated heterocycles. The number of aromatic hydroxyl groups is 1. The van der Waals surface area contributed by atoms with Gasteiger partial charge in [0.1, 0.15) is 36.0 Å². The second-order valence-corrected chi connectivity index (χ2v) is 14.5. The van der Waals surface area contributed by atoms with Gasteiger partial charge in [0.15, 0.2) is 0 Å². The number of nitrogens with two attached hydrogens (primary N) is 1. The third-order valence-corrected chi connectivity index (χ3v) is 9.46. The van der Waals surface area contributed by atoms with Gasteiger partial charge in [-0.2, -0.15) is 0 Å². The maximum Gasteiger partial charge on any atom is 0.326 e. The van der Waals surface area contributed by atoms with E-state index in [9.17, 15) is 44.1 Å². The van der Waals surface area contributed by atoms with Crippen molar-refractivity contribution < 1.29 is 44.1 Å². The number of aliphatic hydroxyl groups is 1. The summed E-state index contributed by atoms with van der Waals surface area (Å²) in [6, 6.07) is 7.38. The Hall–Kier alpha value is -5.81. The molecule has 3 aromatic rings. The minimum Gasteiger partial charge on any atom is -0.508 e. The Morgan fingerprint density at radius 1 is 0.839 bits per heavy atom. The van der Waals surface area contributed by atoms with Crippen LogP contribution in [0.3, 0.4) is 0 Å². The molecular weight excluding hydrogens is 724 g/mol. The van der Waals surface area contributed by atoms with Gasteiger partial charge in [-0.3, -0.25) is 24.0 Å². The van der Waals surface area contributed by atoms with Gasteiger partial charge in [-0.1, -0.05) is 56.3 Å². The van der Waals surface area contributed by atoms with Crippen LogP contribution < -0.4 is 27.0 Å². The zero-order chi connectivity index (χ0) is 40.9. The number of nitrogens with zero attached hydrogens (tertiary/aromatic N) is 2. The van der Waals surface area contributed by atoms with E-state index in [1.165, 1.54) is 36.5 Å². The number of nitrogens with one attached hydrogen (secondary N) is 5. The standard InChI is InChI=1S/C39H52N8O9/c1-22(2)16-28(40)34(50)46-33(23(3)48)37(53)44-30(19-26-20-41-21-42-26)38(54)47-15-7-10-32(47)36(52)43-29(17-25-11-13-27(49)14-12-25)35(51)45-31(39(55)56)18-24-8-5-4-6-9-24/h4-6,8-9,11-14,20-23,28-33,48-49H,7,10,15-19,40H2,1-3H3,(H,41,42)(H,43,52)(H,44,53)(H,45,51)(H,46,50)(H,55,56)/t23-,28+,29+,30+,31+,32+,33+/m1/s1. The molecule has 1 fully saturated rings. The molecule has 1 aliphatic heterocycles. The fraction of sp³-hybridized carbons (Fsp3) is 0.462. The van der Waals surface area contributed by atoms with Gasteiger partial charge in [0, 0.05) is 37.7 Å². The van der Waals surface area contributed by atoms with E-state index in [1.54, 1.807) is 42.5 Å². The van der Waals surface area contributed by atoms with Crippen LogP contribution in [0, 0.1) is 5.92 Å². The second kappa shape index (κ2) is 20.2. The van der Waals surface area contributed by atoms with Crippen LogP contribution in [0.25, 0.3) is 0 Å². The van der Waals surface area contributed by atoms with Crippen molar-refractivity contribution in [1.29, 1.82) is 0 Å². The Labute approximate surface area is 324 Å². The lowest BCUT2D eigenvalue weighted by Gasteiger charge is -2.31. The van der Waals surface area contributed by atoms with E-state index in [1.807, 2.05) is 13.8 Å². The average Bonchev–Trinajstić information content (AvgIpc) is 3.86. The highest BCUT2D eigenvalue weighted by Crippen LogP contribution is 2.21. The summed E-state index contributed by atoms with van der Waals surface area (Å²) >= 11 is 0. The molecule has 2 aromatic carbocycles. The first-order chi connectivity index (χ1) is 26.6. The summed E-state index contributed by atoms with van der Waals surface area (Å²) in [4.78, 5) is 88.8. The van der Waals surface area contributed by atoms with Crippen molar-refractivity contribution in [2.75, 3.05) is 6.54 Å². The number of carbonyl (C=O) groups excluding carboxylic acids is 5. The molecular formula is C39H52N8O9. The lowest BCUT2D eigenvalue weighted by molar-refractivity contribution is -0.143. The Bertz CT molecular complexity index is 1790. The summed E-state index contributed by atoms with van der Waals surface area (Å²) in [5.41, 5.74) is 7.72. The third kappa shape index (κ3) is 12.4. The summed E-state index contributed by atoms with van der Waals surface area (Å²) in [6.45, 7) is 5.22. The number of hydrogen-bond donors (Lipinski definition) is 9. The van der Waals surface area contributed by atoms with E-state index >= 15 is 0 Å². The number of likely N-dealkylation sites (tertiary alicyclic amines) is 1. The lowest BCUT2D eigenvalue weighted by atomic mass is 10.0. The molecule has 302 valence electrons. The molecule has 56 heavy (non-hydrogen) atoms. The van der Waals surface area contributed by atoms with Gasteiger partial charge in [0.2, 0.25) is 29.5 Å². The van der Waals surface area contributed by atoms with Crippen molar-refractivity contribution in [1.82, 2.24) is 36.1 Å². The number of H-pyrrole nitrogens is 1. The maximum absolute atomic E-state index is 14.3. The number of aromatic nitrogens is 2. The predicted octanol–water partition coefficient (Wildman–Crippen LogP) is -0.0878. The largest absolute Gasteiger partial charge is 0.508 e. The molecule has 7 atom stereocenters. The van der Waals surface area contributed by atoms with Crippen LogP contribution in [0.4, 0.5) is 0 Å². The Balaban J connectivity index is 1.54. The van der Waals surface area contributed by atoms with E-state index in [4.69, 9.17) is 5.73 Å². The molecule has 2 heterocycles. The summed E-state index contributed by atoms with van der Waals surface area (Å²) in [5.74, 6) is -4.77. The van der Waals surface area contributed by atoms with Gasteiger partial charge in [0.25, 0.3) is 0 Å². The summed E-state index contributed by atoms with van der Waals surface area (Å²) in [6.07, 6.45) is 2.33. The molecule has 0 radical (unpaired) electrons.